The van der Waals surface area contributed by atoms with Crippen molar-refractivity contribution in [3.8, 4) is 5.69 Å². The quantitative estimate of drug-likeness (QED) is 0.650. The summed E-state index contributed by atoms with van der Waals surface area (Å²) in [4.78, 5) is 0. The van der Waals surface area contributed by atoms with Crippen LogP contribution in [-0.2, 0) is 7.05 Å². The van der Waals surface area contributed by atoms with Crippen molar-refractivity contribution in [2.45, 2.75) is 79.7 Å². The first-order chi connectivity index (χ1) is 12.0. The lowest BCUT2D eigenvalue weighted by molar-refractivity contribution is -0.656. The predicted molar refractivity (Wildman–Crippen MR) is 112 cm³/mol. The zero-order valence-corrected chi connectivity index (χ0v) is 18.2. The second-order valence-corrected chi connectivity index (χ2v) is 9.55. The molecule has 2 rings (SSSR count). The normalized spacial score (nSPS) is 13.5. The zero-order chi connectivity index (χ0) is 19.6. The van der Waals surface area contributed by atoms with Gasteiger partial charge in [0.15, 0.2) is 6.33 Å². The van der Waals surface area contributed by atoms with E-state index in [1.165, 1.54) is 16.8 Å². The average molecular weight is 357 g/mol. The molecule has 1 N–H and O–H groups in total. The first-order valence-corrected chi connectivity index (χ1v) is 9.97. The van der Waals surface area contributed by atoms with Crippen LogP contribution >= 0.6 is 0 Å². The highest BCUT2D eigenvalue weighted by Gasteiger charge is 2.23. The van der Waals surface area contributed by atoms with Crippen LogP contribution in [0.15, 0.2) is 30.7 Å². The number of hydrogen-bond acceptors (Lipinski definition) is 1. The van der Waals surface area contributed by atoms with Crippen LogP contribution in [0, 0.1) is 5.41 Å². The Kier molecular flexibility index (Phi) is 6.21. The molecule has 0 radical (unpaired) electrons. The van der Waals surface area contributed by atoms with E-state index in [0.29, 0.717) is 23.3 Å². The second-order valence-electron chi connectivity index (χ2n) is 9.55. The van der Waals surface area contributed by atoms with Crippen molar-refractivity contribution in [3.63, 3.8) is 0 Å². The van der Waals surface area contributed by atoms with Crippen molar-refractivity contribution in [1.82, 2.24) is 4.57 Å². The van der Waals surface area contributed by atoms with Gasteiger partial charge in [-0.2, -0.15) is 0 Å². The lowest BCUT2D eigenvalue weighted by Crippen LogP contribution is -2.33. The largest absolute Gasteiger partial charge is 0.301 e. The Morgan fingerprint density at radius 3 is 2.00 bits per heavy atom. The van der Waals surface area contributed by atoms with Gasteiger partial charge in [0.05, 0.1) is 13.1 Å². The van der Waals surface area contributed by atoms with Crippen LogP contribution in [0.4, 0.5) is 5.82 Å². The summed E-state index contributed by atoms with van der Waals surface area (Å²) in [6.07, 6.45) is 5.57. The van der Waals surface area contributed by atoms with E-state index in [1.54, 1.807) is 0 Å². The van der Waals surface area contributed by atoms with Crippen molar-refractivity contribution in [2.24, 2.45) is 12.5 Å². The molecule has 0 aliphatic heterocycles. The van der Waals surface area contributed by atoms with Crippen LogP contribution in [0.2, 0.25) is 0 Å². The smallest absolute Gasteiger partial charge is 0.253 e. The summed E-state index contributed by atoms with van der Waals surface area (Å²) in [5.74, 6) is 2.15. The maximum absolute atomic E-state index is 3.70. The van der Waals surface area contributed by atoms with Gasteiger partial charge in [-0.3, -0.25) is 0 Å². The number of nitrogens with zero attached hydrogens (tertiary/aromatic N) is 2. The molecule has 26 heavy (non-hydrogen) atoms. The standard InChI is InChI=1S/C23H38N3/c1-16(2)19-11-10-12-20(17(3)4)22(19)26-14-21(25(9)15-26)24-18(5)13-23(6,7)8/h10-12,14-18,24H,13H2,1-9H3/q+1/t18-/m1/s1. The molecule has 0 saturated carbocycles. The molecular formula is C23H38N3+. The zero-order valence-electron chi connectivity index (χ0n) is 18.2. The molecule has 0 saturated heterocycles. The molecule has 3 nitrogen and oxygen atoms in total. The minimum absolute atomic E-state index is 0.322. The maximum atomic E-state index is 3.70. The summed E-state index contributed by atoms with van der Waals surface area (Å²) < 4.78 is 4.50. The number of imidazole rings is 1. The van der Waals surface area contributed by atoms with Crippen molar-refractivity contribution in [2.75, 3.05) is 5.32 Å². The highest BCUT2D eigenvalue weighted by Crippen LogP contribution is 2.31. The fourth-order valence-electron chi connectivity index (χ4n) is 3.80. The van der Waals surface area contributed by atoms with E-state index >= 15 is 0 Å². The molecule has 0 unspecified atom stereocenters. The van der Waals surface area contributed by atoms with Gasteiger partial charge < -0.3 is 5.32 Å². The lowest BCUT2D eigenvalue weighted by atomic mass is 9.89. The predicted octanol–water partition coefficient (Wildman–Crippen LogP) is 5.79. The number of aryl methyl sites for hydroxylation is 1. The molecule has 0 amide bonds. The van der Waals surface area contributed by atoms with Gasteiger partial charge in [-0.1, -0.05) is 66.7 Å². The molecule has 0 aliphatic carbocycles. The van der Waals surface area contributed by atoms with Gasteiger partial charge >= 0.3 is 0 Å². The van der Waals surface area contributed by atoms with Crippen LogP contribution in [-0.4, -0.2) is 10.6 Å². The Bertz CT molecular complexity index is 706. The lowest BCUT2D eigenvalue weighted by Gasteiger charge is -2.22. The number of nitrogens with one attached hydrogen (secondary N) is 1. The Labute approximate surface area is 160 Å². The Morgan fingerprint density at radius 2 is 1.54 bits per heavy atom. The molecule has 3 heteroatoms. The molecule has 0 bridgehead atoms. The summed E-state index contributed by atoms with van der Waals surface area (Å²) in [5.41, 5.74) is 4.47. The van der Waals surface area contributed by atoms with Crippen molar-refractivity contribution in [1.29, 1.82) is 0 Å². The van der Waals surface area contributed by atoms with E-state index in [9.17, 15) is 0 Å². The Morgan fingerprint density at radius 1 is 1.00 bits per heavy atom. The van der Waals surface area contributed by atoms with Crippen molar-refractivity contribution < 1.29 is 4.57 Å². The number of hydrogen-bond donors (Lipinski definition) is 1. The Hall–Kier alpha value is -1.77. The van der Waals surface area contributed by atoms with Crippen LogP contribution in [0.25, 0.3) is 5.69 Å². The topological polar surface area (TPSA) is 20.8 Å². The van der Waals surface area contributed by atoms with E-state index in [0.717, 1.165) is 12.2 Å². The van der Waals surface area contributed by atoms with Gasteiger partial charge in [0.1, 0.15) is 11.9 Å². The number of para-hydroxylation sites is 1. The summed E-state index contributed by atoms with van der Waals surface area (Å²) in [7, 11) is 2.12. The fourth-order valence-corrected chi connectivity index (χ4v) is 3.80. The number of rotatable bonds is 6. The summed E-state index contributed by atoms with van der Waals surface area (Å²) in [5, 5.41) is 3.70. The molecule has 1 aromatic carbocycles. The monoisotopic (exact) mass is 356 g/mol. The van der Waals surface area contributed by atoms with Crippen LogP contribution in [0.1, 0.15) is 84.8 Å². The molecule has 1 atom stereocenters. The van der Waals surface area contributed by atoms with E-state index < -0.39 is 0 Å². The first kappa shape index (κ1) is 20.5. The maximum Gasteiger partial charge on any atom is 0.253 e. The number of benzene rings is 1. The Balaban J connectivity index is 2.42. The van der Waals surface area contributed by atoms with E-state index in [4.69, 9.17) is 0 Å². The van der Waals surface area contributed by atoms with Crippen molar-refractivity contribution in [3.05, 3.63) is 41.9 Å². The third-order valence-corrected chi connectivity index (χ3v) is 4.85. The van der Waals surface area contributed by atoms with Gasteiger partial charge in [-0.05, 0) is 41.7 Å². The molecular weight excluding hydrogens is 318 g/mol. The highest BCUT2D eigenvalue weighted by atomic mass is 15.2. The van der Waals surface area contributed by atoms with E-state index in [1.807, 2.05) is 0 Å². The molecule has 1 heterocycles. The minimum Gasteiger partial charge on any atom is -0.301 e. The van der Waals surface area contributed by atoms with Gasteiger partial charge in [-0.15, -0.1) is 0 Å². The van der Waals surface area contributed by atoms with E-state index in [2.05, 4.69) is 108 Å². The first-order valence-electron chi connectivity index (χ1n) is 9.97. The van der Waals surface area contributed by atoms with Crippen molar-refractivity contribution >= 4 is 5.82 Å². The molecule has 0 spiro atoms. The van der Waals surface area contributed by atoms with E-state index in [-0.39, 0.29) is 0 Å². The molecule has 0 fully saturated rings. The van der Waals surface area contributed by atoms with Gasteiger partial charge in [0.25, 0.3) is 5.82 Å². The van der Waals surface area contributed by atoms with Gasteiger partial charge in [-0.25, -0.2) is 9.13 Å². The minimum atomic E-state index is 0.322. The van der Waals surface area contributed by atoms with Gasteiger partial charge in [0.2, 0.25) is 0 Å². The third-order valence-electron chi connectivity index (χ3n) is 4.85. The number of aromatic nitrogens is 2. The molecule has 0 aliphatic rings. The fraction of sp³-hybridized carbons (Fsp3) is 0.609. The van der Waals surface area contributed by atoms with Crippen LogP contribution in [0.5, 0.6) is 0 Å². The molecule has 1 aromatic heterocycles. The highest BCUT2D eigenvalue weighted by molar-refractivity contribution is 5.52. The molecule has 144 valence electrons. The van der Waals surface area contributed by atoms with Crippen LogP contribution in [0.3, 0.4) is 0 Å². The second kappa shape index (κ2) is 7.85. The summed E-state index contributed by atoms with van der Waals surface area (Å²) in [6.45, 7) is 18.3. The summed E-state index contributed by atoms with van der Waals surface area (Å²) >= 11 is 0. The van der Waals surface area contributed by atoms with Crippen LogP contribution < -0.4 is 9.88 Å². The third kappa shape index (κ3) is 4.90. The molecule has 2 aromatic rings. The van der Waals surface area contributed by atoms with Gasteiger partial charge in [0, 0.05) is 0 Å². The number of anilines is 1. The SMILES string of the molecule is CC(C)c1cccc(C(C)C)c1-n1cc(N[C@H](C)CC(C)(C)C)[n+](C)c1. The summed E-state index contributed by atoms with van der Waals surface area (Å²) in [6, 6.07) is 7.16. The average Bonchev–Trinajstić information content (AvgIpc) is 2.85.